The summed E-state index contributed by atoms with van der Waals surface area (Å²) in [5.74, 6) is 1.66. The smallest absolute Gasteiger partial charge is 0.122 e. The number of nitrogens with two attached hydrogens (primary N) is 1. The first-order valence-electron chi connectivity index (χ1n) is 7.04. The third-order valence-corrected chi connectivity index (χ3v) is 3.88. The highest BCUT2D eigenvalue weighted by Gasteiger charge is 2.15. The van der Waals surface area contributed by atoms with Gasteiger partial charge in [0.1, 0.15) is 5.75 Å². The summed E-state index contributed by atoms with van der Waals surface area (Å²) in [6.45, 7) is 3.47. The molecule has 1 aliphatic heterocycles. The van der Waals surface area contributed by atoms with E-state index in [1.54, 1.807) is 7.11 Å². The van der Waals surface area contributed by atoms with Crippen molar-refractivity contribution in [1.29, 1.82) is 0 Å². The Balaban J connectivity index is 1.77. The van der Waals surface area contributed by atoms with Gasteiger partial charge in [-0.25, -0.2) is 0 Å². The fraction of sp³-hybridized carbons (Fsp3) is 0.600. The van der Waals surface area contributed by atoms with Crippen LogP contribution in [-0.4, -0.2) is 38.7 Å². The van der Waals surface area contributed by atoms with E-state index >= 15 is 0 Å². The molecule has 0 unspecified atom stereocenters. The monoisotopic (exact) mass is 263 g/mol. The minimum Gasteiger partial charge on any atom is -0.497 e. The summed E-state index contributed by atoms with van der Waals surface area (Å²) in [4.78, 5) is 2.41. The van der Waals surface area contributed by atoms with Crippen LogP contribution in [0.3, 0.4) is 0 Å². The van der Waals surface area contributed by atoms with Crippen LogP contribution in [-0.2, 0) is 0 Å². The molecular weight excluding hydrogens is 238 g/mol. The van der Waals surface area contributed by atoms with Crippen molar-refractivity contribution in [1.82, 2.24) is 4.90 Å². The summed E-state index contributed by atoms with van der Waals surface area (Å²) in [5, 5.41) is 3.45. The maximum absolute atomic E-state index is 5.84. The number of hydrogen-bond acceptors (Lipinski definition) is 4. The predicted octanol–water partition coefficient (Wildman–Crippen LogP) is 2.42. The van der Waals surface area contributed by atoms with E-state index < -0.39 is 0 Å². The number of benzene rings is 1. The average molecular weight is 263 g/mol. The summed E-state index contributed by atoms with van der Waals surface area (Å²) in [7, 11) is 3.87. The second kappa shape index (κ2) is 6.66. The Kier molecular flexibility index (Phi) is 4.91. The van der Waals surface area contributed by atoms with Crippen LogP contribution in [0.4, 0.5) is 11.4 Å². The maximum atomic E-state index is 5.84. The number of ether oxygens (including phenoxy) is 1. The normalized spacial score (nSPS) is 17.4. The van der Waals surface area contributed by atoms with Gasteiger partial charge < -0.3 is 20.7 Å². The van der Waals surface area contributed by atoms with E-state index in [0.717, 1.165) is 29.6 Å². The minimum atomic E-state index is 0.737. The molecule has 3 N–H and O–H groups in total. The summed E-state index contributed by atoms with van der Waals surface area (Å²) < 4.78 is 5.22. The molecule has 1 fully saturated rings. The molecular formula is C15H25N3O. The van der Waals surface area contributed by atoms with Gasteiger partial charge in [0.25, 0.3) is 0 Å². The van der Waals surface area contributed by atoms with Crippen molar-refractivity contribution in [2.24, 2.45) is 5.92 Å². The minimum absolute atomic E-state index is 0.737. The van der Waals surface area contributed by atoms with Crippen molar-refractivity contribution in [3.63, 3.8) is 0 Å². The van der Waals surface area contributed by atoms with Crippen LogP contribution in [0.5, 0.6) is 5.75 Å². The summed E-state index contributed by atoms with van der Waals surface area (Å²) in [5.41, 5.74) is 7.62. The highest BCUT2D eigenvalue weighted by atomic mass is 16.5. The molecule has 4 heteroatoms. The van der Waals surface area contributed by atoms with Crippen LogP contribution >= 0.6 is 0 Å². The zero-order chi connectivity index (χ0) is 13.7. The standard InChI is InChI=1S/C15H25N3O/c1-18-7-4-12(5-8-18)3-6-17-14-9-13(16)10-15(11-14)19-2/h9-12,17H,3-8,16H2,1-2H3. The van der Waals surface area contributed by atoms with Gasteiger partial charge in [-0.05, 0) is 51.4 Å². The van der Waals surface area contributed by atoms with Gasteiger partial charge in [0.05, 0.1) is 7.11 Å². The number of methoxy groups -OCH3 is 1. The number of likely N-dealkylation sites (tertiary alicyclic amines) is 1. The molecule has 1 aliphatic rings. The van der Waals surface area contributed by atoms with E-state index in [9.17, 15) is 0 Å². The Morgan fingerprint density at radius 1 is 1.32 bits per heavy atom. The van der Waals surface area contributed by atoms with E-state index in [-0.39, 0.29) is 0 Å². The lowest BCUT2D eigenvalue weighted by Gasteiger charge is -2.29. The molecule has 0 atom stereocenters. The second-order valence-electron chi connectivity index (χ2n) is 5.46. The van der Waals surface area contributed by atoms with Gasteiger partial charge in [0, 0.05) is 30.1 Å². The first-order chi connectivity index (χ1) is 9.17. The third kappa shape index (κ3) is 4.31. The van der Waals surface area contributed by atoms with Gasteiger partial charge in [-0.2, -0.15) is 0 Å². The average Bonchev–Trinajstić information content (AvgIpc) is 2.40. The predicted molar refractivity (Wildman–Crippen MR) is 80.7 cm³/mol. The van der Waals surface area contributed by atoms with Crippen LogP contribution in [0.15, 0.2) is 18.2 Å². The Morgan fingerprint density at radius 3 is 2.74 bits per heavy atom. The van der Waals surface area contributed by atoms with Crippen molar-refractivity contribution < 1.29 is 4.74 Å². The molecule has 0 aromatic heterocycles. The van der Waals surface area contributed by atoms with Crippen LogP contribution in [0.1, 0.15) is 19.3 Å². The van der Waals surface area contributed by atoms with E-state index in [1.807, 2.05) is 18.2 Å². The van der Waals surface area contributed by atoms with Gasteiger partial charge in [-0.1, -0.05) is 0 Å². The molecule has 0 saturated carbocycles. The SMILES string of the molecule is COc1cc(N)cc(NCCC2CCN(C)CC2)c1. The highest BCUT2D eigenvalue weighted by molar-refractivity contribution is 5.59. The van der Waals surface area contributed by atoms with Gasteiger partial charge in [-0.3, -0.25) is 0 Å². The number of nitrogens with zero attached hydrogens (tertiary/aromatic N) is 1. The molecule has 1 aromatic rings. The summed E-state index contributed by atoms with van der Waals surface area (Å²) in [6, 6.07) is 5.78. The molecule has 1 saturated heterocycles. The first kappa shape index (κ1) is 14.0. The number of rotatable bonds is 5. The number of hydrogen-bond donors (Lipinski definition) is 2. The quantitative estimate of drug-likeness (QED) is 0.801. The van der Waals surface area contributed by atoms with Gasteiger partial charge in [-0.15, -0.1) is 0 Å². The van der Waals surface area contributed by atoms with Crippen molar-refractivity contribution in [3.8, 4) is 5.75 Å². The topological polar surface area (TPSA) is 50.5 Å². The molecule has 4 nitrogen and oxygen atoms in total. The lowest BCUT2D eigenvalue weighted by Crippen LogP contribution is -2.30. The van der Waals surface area contributed by atoms with Crippen LogP contribution < -0.4 is 15.8 Å². The second-order valence-corrected chi connectivity index (χ2v) is 5.46. The van der Waals surface area contributed by atoms with Crippen molar-refractivity contribution in [3.05, 3.63) is 18.2 Å². The molecule has 19 heavy (non-hydrogen) atoms. The number of nitrogens with one attached hydrogen (secondary N) is 1. The molecule has 2 rings (SSSR count). The fourth-order valence-corrected chi connectivity index (χ4v) is 2.61. The van der Waals surface area contributed by atoms with Gasteiger partial charge in [0.2, 0.25) is 0 Å². The Hall–Kier alpha value is -1.42. The molecule has 0 spiro atoms. The highest BCUT2D eigenvalue weighted by Crippen LogP contribution is 2.23. The molecule has 1 aromatic carbocycles. The van der Waals surface area contributed by atoms with Crippen LogP contribution in [0, 0.1) is 5.92 Å². The molecule has 0 amide bonds. The van der Waals surface area contributed by atoms with E-state index in [1.165, 1.54) is 32.4 Å². The number of piperidine rings is 1. The molecule has 0 radical (unpaired) electrons. The first-order valence-corrected chi connectivity index (χ1v) is 7.04. The van der Waals surface area contributed by atoms with E-state index in [0.29, 0.717) is 0 Å². The largest absolute Gasteiger partial charge is 0.497 e. The molecule has 0 bridgehead atoms. The van der Waals surface area contributed by atoms with Crippen LogP contribution in [0.2, 0.25) is 0 Å². The third-order valence-electron chi connectivity index (χ3n) is 3.88. The van der Waals surface area contributed by atoms with E-state index in [2.05, 4.69) is 17.3 Å². The summed E-state index contributed by atoms with van der Waals surface area (Å²) in [6.07, 6.45) is 3.86. The lowest BCUT2D eigenvalue weighted by molar-refractivity contribution is 0.215. The molecule has 1 heterocycles. The number of nitrogen functional groups attached to an aromatic ring is 1. The Morgan fingerprint density at radius 2 is 2.05 bits per heavy atom. The lowest BCUT2D eigenvalue weighted by atomic mass is 9.94. The van der Waals surface area contributed by atoms with Gasteiger partial charge >= 0.3 is 0 Å². The zero-order valence-electron chi connectivity index (χ0n) is 12.0. The van der Waals surface area contributed by atoms with Crippen LogP contribution in [0.25, 0.3) is 0 Å². The van der Waals surface area contributed by atoms with Crippen molar-refractivity contribution >= 4 is 11.4 Å². The Labute approximate surface area is 115 Å². The molecule has 0 aliphatic carbocycles. The molecule has 106 valence electrons. The summed E-state index contributed by atoms with van der Waals surface area (Å²) >= 11 is 0. The number of anilines is 2. The fourth-order valence-electron chi connectivity index (χ4n) is 2.61. The van der Waals surface area contributed by atoms with Gasteiger partial charge in [0.15, 0.2) is 0 Å². The van der Waals surface area contributed by atoms with Crippen molar-refractivity contribution in [2.45, 2.75) is 19.3 Å². The van der Waals surface area contributed by atoms with Crippen molar-refractivity contribution in [2.75, 3.05) is 44.8 Å². The Bertz CT molecular complexity index is 400. The van der Waals surface area contributed by atoms with E-state index in [4.69, 9.17) is 10.5 Å². The zero-order valence-corrected chi connectivity index (χ0v) is 12.0. The maximum Gasteiger partial charge on any atom is 0.122 e.